The van der Waals surface area contributed by atoms with Crippen LogP contribution in [0.25, 0.3) is 0 Å². The summed E-state index contributed by atoms with van der Waals surface area (Å²) in [5.41, 5.74) is 0.254. The predicted molar refractivity (Wildman–Crippen MR) is 119 cm³/mol. The van der Waals surface area contributed by atoms with Crippen LogP contribution in [-0.2, 0) is 11.2 Å². The number of nitrogens with zero attached hydrogens (tertiary/aromatic N) is 3. The zero-order chi connectivity index (χ0) is 23.5. The Labute approximate surface area is 188 Å². The first-order chi connectivity index (χ1) is 15.1. The first-order valence-corrected chi connectivity index (χ1v) is 10.0. The number of nitrogens with one attached hydrogen (secondary N) is 1. The van der Waals surface area contributed by atoms with E-state index in [1.54, 1.807) is 43.3 Å². The number of aliphatic carboxylic acids is 1. The summed E-state index contributed by atoms with van der Waals surface area (Å²) in [6.45, 7) is 0. The van der Waals surface area contributed by atoms with Gasteiger partial charge >= 0.3 is 5.97 Å². The number of hydrogen-bond donors (Lipinski definition) is 2. The fraction of sp³-hybridized carbons (Fsp3) is 0.273. The van der Waals surface area contributed by atoms with Gasteiger partial charge < -0.3 is 10.4 Å². The van der Waals surface area contributed by atoms with Crippen LogP contribution in [0.3, 0.4) is 0 Å². The maximum absolute atomic E-state index is 13.3. The number of carboxylic acid groups (broad SMARTS) is 1. The van der Waals surface area contributed by atoms with Crippen LogP contribution in [-0.4, -0.2) is 59.1 Å². The summed E-state index contributed by atoms with van der Waals surface area (Å²) in [4.78, 5) is 33.9. The summed E-state index contributed by atoms with van der Waals surface area (Å²) in [7, 11) is 3.42. The molecule has 1 amide bonds. The number of halogens is 3. The van der Waals surface area contributed by atoms with Crippen molar-refractivity contribution in [2.24, 2.45) is 9.98 Å². The van der Waals surface area contributed by atoms with Gasteiger partial charge in [0.1, 0.15) is 16.9 Å². The maximum atomic E-state index is 13.3. The van der Waals surface area contributed by atoms with Gasteiger partial charge in [-0.25, -0.2) is 13.8 Å². The highest BCUT2D eigenvalue weighted by Crippen LogP contribution is 2.26. The van der Waals surface area contributed by atoms with Crippen LogP contribution >= 0.6 is 11.6 Å². The van der Waals surface area contributed by atoms with Gasteiger partial charge in [-0.3, -0.25) is 19.5 Å². The summed E-state index contributed by atoms with van der Waals surface area (Å²) in [5.74, 6) is -3.70. The lowest BCUT2D eigenvalue weighted by Gasteiger charge is -2.36. The number of benzene rings is 2. The summed E-state index contributed by atoms with van der Waals surface area (Å²) in [6.07, 6.45) is 1.18. The Morgan fingerprint density at radius 2 is 1.84 bits per heavy atom. The Bertz CT molecular complexity index is 1090. The van der Waals surface area contributed by atoms with E-state index in [9.17, 15) is 23.5 Å². The second-order valence-electron chi connectivity index (χ2n) is 7.55. The second kappa shape index (κ2) is 9.54. The van der Waals surface area contributed by atoms with Crippen LogP contribution < -0.4 is 5.32 Å². The van der Waals surface area contributed by atoms with Gasteiger partial charge in [-0.1, -0.05) is 23.7 Å². The van der Waals surface area contributed by atoms with E-state index >= 15 is 0 Å². The SMILES string of the molecule is CN(C)C1(CC(=O)O)C=NC(Cc2ccc(NC(=O)c3ccc(F)c(F)c3)cc2)N=C1Cl. The van der Waals surface area contributed by atoms with Crippen LogP contribution in [0.1, 0.15) is 22.3 Å². The molecule has 168 valence electrons. The average Bonchev–Trinajstić information content (AvgIpc) is 2.73. The van der Waals surface area contributed by atoms with E-state index in [-0.39, 0.29) is 17.2 Å². The van der Waals surface area contributed by atoms with Crippen LogP contribution in [0, 0.1) is 11.6 Å². The number of carboxylic acids is 1. The lowest BCUT2D eigenvalue weighted by Crippen LogP contribution is -2.54. The maximum Gasteiger partial charge on any atom is 0.306 e. The molecule has 0 saturated carbocycles. The molecule has 2 unspecified atom stereocenters. The molecule has 32 heavy (non-hydrogen) atoms. The minimum absolute atomic E-state index is 0.000708. The minimum atomic E-state index is -1.10. The Hall–Kier alpha value is -3.17. The van der Waals surface area contributed by atoms with Crippen molar-refractivity contribution in [1.82, 2.24) is 4.90 Å². The number of aliphatic imine (C=N–C) groups is 2. The van der Waals surface area contributed by atoms with E-state index in [0.29, 0.717) is 12.1 Å². The smallest absolute Gasteiger partial charge is 0.306 e. The van der Waals surface area contributed by atoms with E-state index in [1.807, 2.05) is 0 Å². The molecule has 0 spiro atoms. The monoisotopic (exact) mass is 462 g/mol. The van der Waals surface area contributed by atoms with Crippen LogP contribution in [0.15, 0.2) is 52.4 Å². The molecule has 0 radical (unpaired) electrons. The third kappa shape index (κ3) is 5.17. The van der Waals surface area contributed by atoms with Crippen LogP contribution in [0.2, 0.25) is 0 Å². The van der Waals surface area contributed by atoms with E-state index in [2.05, 4.69) is 15.3 Å². The normalized spacial score (nSPS) is 20.2. The molecule has 2 aromatic carbocycles. The van der Waals surface area contributed by atoms with Crippen molar-refractivity contribution in [2.45, 2.75) is 24.5 Å². The molecule has 1 aliphatic rings. The summed E-state index contributed by atoms with van der Waals surface area (Å²) in [6, 6.07) is 9.79. The molecule has 7 nitrogen and oxygen atoms in total. The van der Waals surface area contributed by atoms with Crippen molar-refractivity contribution in [2.75, 3.05) is 19.4 Å². The predicted octanol–water partition coefficient (Wildman–Crippen LogP) is 3.58. The third-order valence-electron chi connectivity index (χ3n) is 5.11. The van der Waals surface area contributed by atoms with Gasteiger partial charge in [0.25, 0.3) is 5.91 Å². The highest BCUT2D eigenvalue weighted by Gasteiger charge is 2.41. The van der Waals surface area contributed by atoms with Crippen molar-refractivity contribution in [3.05, 3.63) is 65.2 Å². The molecule has 2 aromatic rings. The van der Waals surface area contributed by atoms with Crippen molar-refractivity contribution >= 4 is 40.6 Å². The molecule has 1 aliphatic heterocycles. The summed E-state index contributed by atoms with van der Waals surface area (Å²) >= 11 is 6.36. The Balaban J connectivity index is 1.66. The number of amides is 1. The number of hydrogen-bond acceptors (Lipinski definition) is 5. The Kier molecular flexibility index (Phi) is 7.00. The lowest BCUT2D eigenvalue weighted by atomic mass is 9.95. The largest absolute Gasteiger partial charge is 0.481 e. The van der Waals surface area contributed by atoms with Gasteiger partial charge in [0.15, 0.2) is 11.6 Å². The van der Waals surface area contributed by atoms with Crippen molar-refractivity contribution in [3.63, 3.8) is 0 Å². The molecule has 3 rings (SSSR count). The minimum Gasteiger partial charge on any atom is -0.481 e. The molecule has 1 heterocycles. The molecular weight excluding hydrogens is 442 g/mol. The molecule has 2 atom stereocenters. The third-order valence-corrected chi connectivity index (χ3v) is 5.54. The van der Waals surface area contributed by atoms with Gasteiger partial charge in [0, 0.05) is 23.9 Å². The van der Waals surface area contributed by atoms with E-state index < -0.39 is 35.2 Å². The zero-order valence-electron chi connectivity index (χ0n) is 17.3. The quantitative estimate of drug-likeness (QED) is 0.657. The standard InChI is InChI=1S/C22H21ClF2N4O3/c1-29(2)22(11-19(30)31)12-26-18(28-21(22)23)9-13-3-6-15(7-4-13)27-20(32)14-5-8-16(24)17(25)10-14/h3-8,10,12,18H,9,11H2,1-2H3,(H,27,32)(H,30,31). The molecular formula is C22H21ClF2N4O3. The van der Waals surface area contributed by atoms with Gasteiger partial charge in [0.2, 0.25) is 0 Å². The lowest BCUT2D eigenvalue weighted by molar-refractivity contribution is -0.138. The number of carbonyl (C=O) groups excluding carboxylic acids is 1. The topological polar surface area (TPSA) is 94.4 Å². The second-order valence-corrected chi connectivity index (χ2v) is 7.91. The molecule has 0 saturated heterocycles. The molecule has 10 heteroatoms. The van der Waals surface area contributed by atoms with Crippen LogP contribution in [0.4, 0.5) is 14.5 Å². The van der Waals surface area contributed by atoms with Gasteiger partial charge in [-0.2, -0.15) is 0 Å². The van der Waals surface area contributed by atoms with E-state index in [0.717, 1.165) is 17.7 Å². The molecule has 0 aliphatic carbocycles. The van der Waals surface area contributed by atoms with Crippen molar-refractivity contribution < 1.29 is 23.5 Å². The summed E-state index contributed by atoms with van der Waals surface area (Å²) < 4.78 is 26.3. The Morgan fingerprint density at radius 3 is 2.41 bits per heavy atom. The Morgan fingerprint density at radius 1 is 1.16 bits per heavy atom. The molecule has 0 fully saturated rings. The molecule has 0 aromatic heterocycles. The fourth-order valence-electron chi connectivity index (χ4n) is 3.22. The zero-order valence-corrected chi connectivity index (χ0v) is 18.1. The number of carbonyl (C=O) groups is 2. The number of rotatable bonds is 7. The van der Waals surface area contributed by atoms with E-state index in [4.69, 9.17) is 11.6 Å². The fourth-order valence-corrected chi connectivity index (χ4v) is 3.62. The van der Waals surface area contributed by atoms with E-state index in [1.165, 1.54) is 12.3 Å². The molecule has 2 N–H and O–H groups in total. The van der Waals surface area contributed by atoms with Crippen LogP contribution in [0.5, 0.6) is 0 Å². The first-order valence-electron chi connectivity index (χ1n) is 9.63. The number of anilines is 1. The highest BCUT2D eigenvalue weighted by atomic mass is 35.5. The van der Waals surface area contributed by atoms with Crippen molar-refractivity contribution in [1.29, 1.82) is 0 Å². The molecule has 0 bridgehead atoms. The highest BCUT2D eigenvalue weighted by molar-refractivity contribution is 6.69. The average molecular weight is 463 g/mol. The van der Waals surface area contributed by atoms with Gasteiger partial charge in [-0.15, -0.1) is 0 Å². The van der Waals surface area contributed by atoms with Gasteiger partial charge in [-0.05, 0) is 50.0 Å². The summed E-state index contributed by atoms with van der Waals surface area (Å²) in [5, 5.41) is 12.0. The van der Waals surface area contributed by atoms with Gasteiger partial charge in [0.05, 0.1) is 6.42 Å². The first kappa shape index (κ1) is 23.5. The van der Waals surface area contributed by atoms with Crippen molar-refractivity contribution in [3.8, 4) is 0 Å².